The second-order valence-corrected chi connectivity index (χ2v) is 9.02. The van der Waals surface area contributed by atoms with Crippen molar-refractivity contribution in [2.24, 2.45) is 5.92 Å². The molecule has 1 saturated heterocycles. The molecule has 1 N–H and O–H groups in total. The van der Waals surface area contributed by atoms with Crippen LogP contribution in [0.4, 0.5) is 5.69 Å². The molecule has 1 saturated carbocycles. The van der Waals surface area contributed by atoms with Crippen LogP contribution in [-0.2, 0) is 11.2 Å². The number of benzene rings is 2. The average molecular weight is 432 g/mol. The van der Waals surface area contributed by atoms with E-state index in [4.69, 9.17) is 23.2 Å². The quantitative estimate of drug-likeness (QED) is 0.729. The van der Waals surface area contributed by atoms with E-state index in [9.17, 15) is 4.79 Å². The first-order valence-electron chi connectivity index (χ1n) is 10.3. The Morgan fingerprint density at radius 1 is 1.03 bits per heavy atom. The van der Waals surface area contributed by atoms with Gasteiger partial charge in [-0.05, 0) is 61.2 Å². The highest BCUT2D eigenvalue weighted by atomic mass is 35.5. The number of likely N-dealkylation sites (N-methyl/N-ethyl adjacent to an activating group) is 1. The molecule has 0 spiro atoms. The van der Waals surface area contributed by atoms with E-state index in [1.165, 1.54) is 5.56 Å². The number of hydrogen-bond acceptors (Lipinski definition) is 3. The minimum atomic E-state index is 0.00384. The third kappa shape index (κ3) is 5.32. The number of carbonyl (C=O) groups excluding carboxylic acids is 1. The Kier molecular flexibility index (Phi) is 6.45. The molecule has 2 fully saturated rings. The molecule has 0 aromatic heterocycles. The SMILES string of the molecule is CN1CCN(CCc2ccc(NC(=O)C3CC3c3ccc(Cl)c(Cl)c3)cc2)CC1. The Morgan fingerprint density at radius 2 is 1.76 bits per heavy atom. The zero-order valence-corrected chi connectivity index (χ0v) is 18.2. The molecule has 2 atom stereocenters. The van der Waals surface area contributed by atoms with Gasteiger partial charge in [0, 0.05) is 44.3 Å². The number of hydrogen-bond donors (Lipinski definition) is 1. The van der Waals surface area contributed by atoms with Crippen LogP contribution in [0.5, 0.6) is 0 Å². The maximum atomic E-state index is 12.6. The zero-order chi connectivity index (χ0) is 20.4. The Bertz CT molecular complexity index is 863. The largest absolute Gasteiger partial charge is 0.326 e. The van der Waals surface area contributed by atoms with Gasteiger partial charge in [0.15, 0.2) is 0 Å². The van der Waals surface area contributed by atoms with Crippen molar-refractivity contribution in [1.29, 1.82) is 0 Å². The van der Waals surface area contributed by atoms with Gasteiger partial charge >= 0.3 is 0 Å². The second kappa shape index (κ2) is 9.05. The maximum absolute atomic E-state index is 12.6. The smallest absolute Gasteiger partial charge is 0.228 e. The third-order valence-electron chi connectivity index (χ3n) is 6.03. The van der Waals surface area contributed by atoms with Gasteiger partial charge in [-0.1, -0.05) is 41.4 Å². The summed E-state index contributed by atoms with van der Waals surface area (Å²) < 4.78 is 0. The molecule has 1 amide bonds. The van der Waals surface area contributed by atoms with E-state index >= 15 is 0 Å². The summed E-state index contributed by atoms with van der Waals surface area (Å²) in [5.74, 6) is 0.308. The molecule has 2 aliphatic rings. The molecule has 2 aromatic carbocycles. The molecule has 2 aromatic rings. The van der Waals surface area contributed by atoms with Gasteiger partial charge < -0.3 is 15.1 Å². The summed E-state index contributed by atoms with van der Waals surface area (Å²) in [4.78, 5) is 17.5. The molecule has 29 heavy (non-hydrogen) atoms. The summed E-state index contributed by atoms with van der Waals surface area (Å²) in [6.45, 7) is 5.68. The summed E-state index contributed by atoms with van der Waals surface area (Å²) in [7, 11) is 2.18. The zero-order valence-electron chi connectivity index (χ0n) is 16.7. The molecular formula is C23H27Cl2N3O. The molecule has 4 rings (SSSR count). The van der Waals surface area contributed by atoms with Gasteiger partial charge in [0.25, 0.3) is 0 Å². The number of amides is 1. The normalized spacial score (nSPS) is 22.4. The van der Waals surface area contributed by atoms with E-state index in [0.717, 1.165) is 56.8 Å². The molecule has 1 aliphatic carbocycles. The number of rotatable bonds is 6. The summed E-state index contributed by atoms with van der Waals surface area (Å²) in [6, 6.07) is 13.9. The van der Waals surface area contributed by atoms with Gasteiger partial charge in [-0.15, -0.1) is 0 Å². The van der Waals surface area contributed by atoms with Crippen molar-refractivity contribution < 1.29 is 4.79 Å². The summed E-state index contributed by atoms with van der Waals surface area (Å²) in [5, 5.41) is 4.14. The second-order valence-electron chi connectivity index (χ2n) is 8.20. The fourth-order valence-electron chi connectivity index (χ4n) is 3.94. The van der Waals surface area contributed by atoms with E-state index in [0.29, 0.717) is 10.0 Å². The lowest BCUT2D eigenvalue weighted by atomic mass is 10.1. The molecule has 0 radical (unpaired) electrons. The molecule has 1 heterocycles. The average Bonchev–Trinajstić information content (AvgIpc) is 3.52. The van der Waals surface area contributed by atoms with Crippen LogP contribution in [0.2, 0.25) is 10.0 Å². The van der Waals surface area contributed by atoms with Gasteiger partial charge in [0.1, 0.15) is 0 Å². The Balaban J connectivity index is 1.25. The van der Waals surface area contributed by atoms with Crippen LogP contribution in [0.1, 0.15) is 23.5 Å². The van der Waals surface area contributed by atoms with Crippen molar-refractivity contribution in [3.05, 3.63) is 63.6 Å². The van der Waals surface area contributed by atoms with E-state index in [2.05, 4.69) is 34.3 Å². The Hall–Kier alpha value is -1.59. The lowest BCUT2D eigenvalue weighted by molar-refractivity contribution is -0.117. The molecule has 154 valence electrons. The minimum Gasteiger partial charge on any atom is -0.326 e. The standard InChI is InChI=1S/C23H27Cl2N3O/c1-27-10-12-28(13-11-27)9-8-16-2-5-18(6-3-16)26-23(29)20-15-19(20)17-4-7-21(24)22(25)14-17/h2-7,14,19-20H,8-13,15H2,1H3,(H,26,29). The van der Waals surface area contributed by atoms with Crippen LogP contribution in [0.3, 0.4) is 0 Å². The molecule has 4 nitrogen and oxygen atoms in total. The number of nitrogens with one attached hydrogen (secondary N) is 1. The van der Waals surface area contributed by atoms with Crippen molar-refractivity contribution in [3.63, 3.8) is 0 Å². The van der Waals surface area contributed by atoms with Crippen molar-refractivity contribution in [1.82, 2.24) is 9.80 Å². The fraction of sp³-hybridized carbons (Fsp3) is 0.435. The van der Waals surface area contributed by atoms with Crippen molar-refractivity contribution >= 4 is 34.8 Å². The first-order chi connectivity index (χ1) is 14.0. The first kappa shape index (κ1) is 20.7. The highest BCUT2D eigenvalue weighted by molar-refractivity contribution is 6.42. The summed E-state index contributed by atoms with van der Waals surface area (Å²) >= 11 is 12.1. The van der Waals surface area contributed by atoms with Gasteiger partial charge in [-0.25, -0.2) is 0 Å². The van der Waals surface area contributed by atoms with Crippen molar-refractivity contribution in [3.8, 4) is 0 Å². The lowest BCUT2D eigenvalue weighted by Crippen LogP contribution is -2.45. The number of nitrogens with zero attached hydrogens (tertiary/aromatic N) is 2. The van der Waals surface area contributed by atoms with Crippen LogP contribution in [-0.4, -0.2) is 55.5 Å². The number of anilines is 1. The van der Waals surface area contributed by atoms with Gasteiger partial charge in [0.2, 0.25) is 5.91 Å². The lowest BCUT2D eigenvalue weighted by Gasteiger charge is -2.32. The van der Waals surface area contributed by atoms with Crippen LogP contribution in [0.15, 0.2) is 42.5 Å². The maximum Gasteiger partial charge on any atom is 0.228 e. The minimum absolute atomic E-state index is 0.00384. The van der Waals surface area contributed by atoms with Crippen LogP contribution >= 0.6 is 23.2 Å². The van der Waals surface area contributed by atoms with Crippen LogP contribution in [0, 0.1) is 5.92 Å². The molecule has 1 aliphatic heterocycles. The summed E-state index contributed by atoms with van der Waals surface area (Å²) in [6.07, 6.45) is 1.90. The molecule has 2 unspecified atom stereocenters. The van der Waals surface area contributed by atoms with E-state index in [1.54, 1.807) is 6.07 Å². The predicted molar refractivity (Wildman–Crippen MR) is 120 cm³/mol. The highest BCUT2D eigenvalue weighted by Gasteiger charge is 2.44. The highest BCUT2D eigenvalue weighted by Crippen LogP contribution is 2.48. The molecule has 6 heteroatoms. The summed E-state index contributed by atoms with van der Waals surface area (Å²) in [5.41, 5.74) is 3.25. The van der Waals surface area contributed by atoms with E-state index in [1.807, 2.05) is 24.3 Å². The number of piperazine rings is 1. The number of carbonyl (C=O) groups is 1. The monoisotopic (exact) mass is 431 g/mol. The van der Waals surface area contributed by atoms with Crippen LogP contribution in [0.25, 0.3) is 0 Å². The Morgan fingerprint density at radius 3 is 2.45 bits per heavy atom. The van der Waals surface area contributed by atoms with Crippen molar-refractivity contribution in [2.75, 3.05) is 45.1 Å². The van der Waals surface area contributed by atoms with Gasteiger partial charge in [-0.2, -0.15) is 0 Å². The fourth-order valence-corrected chi connectivity index (χ4v) is 4.25. The van der Waals surface area contributed by atoms with E-state index < -0.39 is 0 Å². The third-order valence-corrected chi connectivity index (χ3v) is 6.77. The predicted octanol–water partition coefficient (Wildman–Crippen LogP) is 4.53. The van der Waals surface area contributed by atoms with Crippen LogP contribution < -0.4 is 5.32 Å². The van der Waals surface area contributed by atoms with E-state index in [-0.39, 0.29) is 17.7 Å². The number of halogens is 2. The first-order valence-corrected chi connectivity index (χ1v) is 11.0. The molecule has 0 bridgehead atoms. The topological polar surface area (TPSA) is 35.6 Å². The Labute approximate surface area is 182 Å². The van der Waals surface area contributed by atoms with Gasteiger partial charge in [0.05, 0.1) is 10.0 Å². The van der Waals surface area contributed by atoms with Crippen molar-refractivity contribution in [2.45, 2.75) is 18.8 Å². The van der Waals surface area contributed by atoms with Gasteiger partial charge in [-0.3, -0.25) is 4.79 Å². The molecular weight excluding hydrogens is 405 g/mol.